The van der Waals surface area contributed by atoms with E-state index in [-0.39, 0.29) is 5.82 Å². The second-order valence-electron chi connectivity index (χ2n) is 2.63. The molecule has 0 saturated carbocycles. The van der Waals surface area contributed by atoms with Crippen LogP contribution in [0, 0.1) is 5.82 Å². The van der Waals surface area contributed by atoms with Gasteiger partial charge in [0.1, 0.15) is 5.82 Å². The minimum Gasteiger partial charge on any atom is -0.545 e. The number of carboxylic acid groups (broad SMARTS) is 1. The molecule has 0 heterocycles. The highest BCUT2D eigenvalue weighted by atomic mass is 19.1. The van der Waals surface area contributed by atoms with Gasteiger partial charge in [-0.25, -0.2) is 4.39 Å². The molecule has 0 N–H and O–H groups in total. The molecule has 0 unspecified atom stereocenters. The van der Waals surface area contributed by atoms with Gasteiger partial charge in [0.05, 0.1) is 5.97 Å². The first kappa shape index (κ1) is 10.2. The predicted molar refractivity (Wildman–Crippen MR) is 50.5 cm³/mol. The van der Waals surface area contributed by atoms with Crippen molar-refractivity contribution in [1.29, 1.82) is 0 Å². The summed E-state index contributed by atoms with van der Waals surface area (Å²) < 4.78 is 12.7. The number of hydrogen-bond acceptors (Lipinski definition) is 2. The summed E-state index contributed by atoms with van der Waals surface area (Å²) in [5.41, 5.74) is 1.13. The van der Waals surface area contributed by atoms with E-state index in [1.54, 1.807) is 0 Å². The second-order valence-corrected chi connectivity index (χ2v) is 2.63. The Hall–Kier alpha value is -1.90. The zero-order valence-corrected chi connectivity index (χ0v) is 7.37. The number of benzene rings is 1. The van der Waals surface area contributed by atoms with Crippen LogP contribution >= 0.6 is 0 Å². The first-order valence-electron chi connectivity index (χ1n) is 3.94. The van der Waals surface area contributed by atoms with Crippen molar-refractivity contribution in [2.75, 3.05) is 0 Å². The van der Waals surface area contributed by atoms with Gasteiger partial charge < -0.3 is 9.90 Å². The first-order chi connectivity index (χ1) is 6.63. The molecule has 0 aliphatic heterocycles. The maximum absolute atomic E-state index is 12.7. The average Bonchev–Trinajstić information content (AvgIpc) is 2.15. The Labute approximate surface area is 81.0 Å². The second kappa shape index (κ2) is 4.37. The van der Waals surface area contributed by atoms with Crippen LogP contribution in [0.4, 0.5) is 4.39 Å². The van der Waals surface area contributed by atoms with Gasteiger partial charge in [0.15, 0.2) is 0 Å². The average molecular weight is 191 g/mol. The van der Waals surface area contributed by atoms with Crippen LogP contribution < -0.4 is 5.11 Å². The molecule has 1 aromatic carbocycles. The lowest BCUT2D eigenvalue weighted by molar-refractivity contribution is -0.297. The predicted octanol–water partition coefficient (Wildman–Crippen LogP) is 1.23. The third-order valence-corrected chi connectivity index (χ3v) is 1.67. The number of carboxylic acids is 1. The van der Waals surface area contributed by atoms with E-state index in [0.717, 1.165) is 6.08 Å². The van der Waals surface area contributed by atoms with E-state index in [4.69, 9.17) is 0 Å². The van der Waals surface area contributed by atoms with Crippen LogP contribution in [0.2, 0.25) is 0 Å². The fourth-order valence-electron chi connectivity index (χ4n) is 1.03. The van der Waals surface area contributed by atoms with E-state index in [1.807, 2.05) is 0 Å². The van der Waals surface area contributed by atoms with Crippen molar-refractivity contribution < 1.29 is 14.3 Å². The molecule has 0 fully saturated rings. The molecule has 0 saturated heterocycles. The molecule has 0 aliphatic rings. The molecule has 0 atom stereocenters. The van der Waals surface area contributed by atoms with E-state index in [9.17, 15) is 14.3 Å². The molecule has 0 amide bonds. The fraction of sp³-hybridized carbons (Fsp3) is 0. The largest absolute Gasteiger partial charge is 0.545 e. The lowest BCUT2D eigenvalue weighted by Gasteiger charge is -2.00. The SMILES string of the molecule is C=Cc1cc(F)ccc1/C=C/C(=O)[O-]. The van der Waals surface area contributed by atoms with E-state index in [2.05, 4.69) is 6.58 Å². The van der Waals surface area contributed by atoms with Crippen LogP contribution in [-0.4, -0.2) is 5.97 Å². The minimum absolute atomic E-state index is 0.384. The maximum atomic E-state index is 12.7. The number of rotatable bonds is 3. The third kappa shape index (κ3) is 2.55. The van der Waals surface area contributed by atoms with Crippen LogP contribution in [0.25, 0.3) is 12.2 Å². The molecular weight excluding hydrogens is 183 g/mol. The number of hydrogen-bond donors (Lipinski definition) is 0. The van der Waals surface area contributed by atoms with Gasteiger partial charge in [0.2, 0.25) is 0 Å². The van der Waals surface area contributed by atoms with E-state index in [1.165, 1.54) is 30.4 Å². The van der Waals surface area contributed by atoms with E-state index < -0.39 is 5.97 Å². The van der Waals surface area contributed by atoms with Crippen molar-refractivity contribution in [3.8, 4) is 0 Å². The number of aliphatic carboxylic acids is 1. The Balaban J connectivity index is 3.08. The van der Waals surface area contributed by atoms with Gasteiger partial charge in [0.25, 0.3) is 0 Å². The zero-order chi connectivity index (χ0) is 10.6. The Morgan fingerprint density at radius 2 is 2.14 bits per heavy atom. The Kier molecular flexibility index (Phi) is 3.18. The van der Waals surface area contributed by atoms with Gasteiger partial charge in [-0.05, 0) is 29.3 Å². The summed E-state index contributed by atoms with van der Waals surface area (Å²) in [5, 5.41) is 10.1. The van der Waals surface area contributed by atoms with Gasteiger partial charge in [-0.2, -0.15) is 0 Å². The molecule has 0 aliphatic carbocycles. The topological polar surface area (TPSA) is 40.1 Å². The van der Waals surface area contributed by atoms with Gasteiger partial charge in [-0.1, -0.05) is 24.8 Å². The van der Waals surface area contributed by atoms with Gasteiger partial charge in [0, 0.05) is 0 Å². The quantitative estimate of drug-likeness (QED) is 0.674. The number of carbonyl (C=O) groups is 1. The molecule has 3 heteroatoms. The summed E-state index contributed by atoms with van der Waals surface area (Å²) in [5.74, 6) is -1.67. The molecule has 0 aromatic heterocycles. The summed E-state index contributed by atoms with van der Waals surface area (Å²) in [6.07, 6.45) is 3.68. The van der Waals surface area contributed by atoms with Crippen molar-refractivity contribution >= 4 is 18.1 Å². The highest BCUT2D eigenvalue weighted by Crippen LogP contribution is 2.13. The summed E-state index contributed by atoms with van der Waals surface area (Å²) in [6.45, 7) is 3.50. The smallest absolute Gasteiger partial charge is 0.123 e. The van der Waals surface area contributed by atoms with Crippen LogP contribution in [-0.2, 0) is 4.79 Å². The molecular formula is C11H8FO2-. The maximum Gasteiger partial charge on any atom is 0.123 e. The van der Waals surface area contributed by atoms with E-state index >= 15 is 0 Å². The molecule has 0 bridgehead atoms. The van der Waals surface area contributed by atoms with Crippen molar-refractivity contribution in [2.45, 2.75) is 0 Å². The van der Waals surface area contributed by atoms with E-state index in [0.29, 0.717) is 11.1 Å². The minimum atomic E-state index is -1.29. The Morgan fingerprint density at radius 1 is 1.43 bits per heavy atom. The van der Waals surface area contributed by atoms with Crippen molar-refractivity contribution in [1.82, 2.24) is 0 Å². The number of carbonyl (C=O) groups excluding carboxylic acids is 1. The summed E-state index contributed by atoms with van der Waals surface area (Å²) in [6, 6.07) is 4.01. The molecule has 14 heavy (non-hydrogen) atoms. The van der Waals surface area contributed by atoms with Crippen molar-refractivity contribution in [2.24, 2.45) is 0 Å². The first-order valence-corrected chi connectivity index (χ1v) is 3.94. The summed E-state index contributed by atoms with van der Waals surface area (Å²) in [7, 11) is 0. The molecule has 0 radical (unpaired) electrons. The van der Waals surface area contributed by atoms with Crippen LogP contribution in [0.15, 0.2) is 30.9 Å². The molecule has 2 nitrogen and oxygen atoms in total. The molecule has 0 spiro atoms. The lowest BCUT2D eigenvalue weighted by Crippen LogP contribution is -2.18. The van der Waals surface area contributed by atoms with Gasteiger partial charge in [-0.15, -0.1) is 0 Å². The van der Waals surface area contributed by atoms with Gasteiger partial charge in [-0.3, -0.25) is 0 Å². The summed E-state index contributed by atoms with van der Waals surface area (Å²) in [4.78, 5) is 10.1. The fourth-order valence-corrected chi connectivity index (χ4v) is 1.03. The normalized spacial score (nSPS) is 10.4. The Bertz CT molecular complexity index is 394. The van der Waals surface area contributed by atoms with Crippen LogP contribution in [0.1, 0.15) is 11.1 Å². The molecule has 1 rings (SSSR count). The molecule has 72 valence electrons. The zero-order valence-electron chi connectivity index (χ0n) is 7.37. The standard InChI is InChI=1S/C11H9FO2/c1-2-8-7-10(12)5-3-9(8)4-6-11(13)14/h2-7H,1H2,(H,13,14)/p-1/b6-4+. The number of halogens is 1. The highest BCUT2D eigenvalue weighted by molar-refractivity contribution is 5.84. The van der Waals surface area contributed by atoms with Crippen LogP contribution in [0.5, 0.6) is 0 Å². The monoisotopic (exact) mass is 191 g/mol. The third-order valence-electron chi connectivity index (χ3n) is 1.67. The summed E-state index contributed by atoms with van der Waals surface area (Å²) >= 11 is 0. The highest BCUT2D eigenvalue weighted by Gasteiger charge is 1.97. The van der Waals surface area contributed by atoms with Crippen molar-refractivity contribution in [3.05, 3.63) is 47.8 Å². The van der Waals surface area contributed by atoms with Gasteiger partial charge >= 0.3 is 0 Å². The Morgan fingerprint density at radius 3 is 2.71 bits per heavy atom. The van der Waals surface area contributed by atoms with Crippen molar-refractivity contribution in [3.63, 3.8) is 0 Å². The lowest BCUT2D eigenvalue weighted by atomic mass is 10.1. The molecule has 1 aromatic rings. The van der Waals surface area contributed by atoms with Crippen LogP contribution in [0.3, 0.4) is 0 Å².